The second-order valence-corrected chi connectivity index (χ2v) is 5.87. The summed E-state index contributed by atoms with van der Waals surface area (Å²) < 4.78 is 0. The molecule has 1 aliphatic rings. The first-order valence-corrected chi connectivity index (χ1v) is 7.81. The van der Waals surface area contributed by atoms with E-state index < -0.39 is 0 Å². The summed E-state index contributed by atoms with van der Waals surface area (Å²) in [5, 5.41) is 10.7. The number of aromatic amines is 1. The van der Waals surface area contributed by atoms with E-state index in [0.29, 0.717) is 12.2 Å². The molecule has 2 aromatic carbocycles. The number of carbonyl (C=O) groups is 2. The highest BCUT2D eigenvalue weighted by Crippen LogP contribution is 2.27. The molecule has 3 aromatic rings. The van der Waals surface area contributed by atoms with Gasteiger partial charge in [0, 0.05) is 24.0 Å². The van der Waals surface area contributed by atoms with E-state index >= 15 is 0 Å². The predicted molar refractivity (Wildman–Crippen MR) is 91.6 cm³/mol. The minimum Gasteiger partial charge on any atom is -0.324 e. The highest BCUT2D eigenvalue weighted by atomic mass is 16.2. The van der Waals surface area contributed by atoms with E-state index in [1.807, 2.05) is 48.5 Å². The molecule has 1 atom stereocenters. The number of amides is 2. The first-order chi connectivity index (χ1) is 11.7. The van der Waals surface area contributed by atoms with Gasteiger partial charge in [-0.2, -0.15) is 5.10 Å². The molecular formula is C18H16N4O2. The Bertz CT molecular complexity index is 904. The predicted octanol–water partition coefficient (Wildman–Crippen LogP) is 2.55. The fourth-order valence-electron chi connectivity index (χ4n) is 3.05. The summed E-state index contributed by atoms with van der Waals surface area (Å²) in [5.41, 5.74) is 2.30. The number of hydrogen-bond acceptors (Lipinski definition) is 3. The lowest BCUT2D eigenvalue weighted by Crippen LogP contribution is -2.28. The summed E-state index contributed by atoms with van der Waals surface area (Å²) in [6, 6.07) is 15.0. The number of benzene rings is 2. The summed E-state index contributed by atoms with van der Waals surface area (Å²) in [7, 11) is 0. The van der Waals surface area contributed by atoms with Crippen LogP contribution in [0.15, 0.2) is 54.7 Å². The van der Waals surface area contributed by atoms with Gasteiger partial charge in [-0.3, -0.25) is 14.7 Å². The van der Waals surface area contributed by atoms with Crippen LogP contribution < -0.4 is 10.2 Å². The monoisotopic (exact) mass is 320 g/mol. The van der Waals surface area contributed by atoms with Crippen LogP contribution in [0.3, 0.4) is 0 Å². The molecule has 0 spiro atoms. The third kappa shape index (κ3) is 2.52. The topological polar surface area (TPSA) is 78.1 Å². The number of nitrogens with one attached hydrogen (secondary N) is 2. The van der Waals surface area contributed by atoms with Crippen LogP contribution in [0.4, 0.5) is 11.4 Å². The summed E-state index contributed by atoms with van der Waals surface area (Å²) in [6.45, 7) is 0.396. The fourth-order valence-corrected chi connectivity index (χ4v) is 3.05. The number of H-pyrrole nitrogens is 1. The van der Waals surface area contributed by atoms with E-state index in [0.717, 1.165) is 16.6 Å². The molecule has 4 rings (SSSR count). The lowest BCUT2D eigenvalue weighted by molar-refractivity contribution is -0.122. The molecule has 24 heavy (non-hydrogen) atoms. The van der Waals surface area contributed by atoms with Crippen molar-refractivity contribution in [1.82, 2.24) is 10.2 Å². The Morgan fingerprint density at radius 3 is 2.83 bits per heavy atom. The quantitative estimate of drug-likeness (QED) is 0.778. The minimum absolute atomic E-state index is 0.0268. The van der Waals surface area contributed by atoms with E-state index in [4.69, 9.17) is 0 Å². The molecule has 6 heteroatoms. The van der Waals surface area contributed by atoms with Gasteiger partial charge in [0.2, 0.25) is 11.8 Å². The lowest BCUT2D eigenvalue weighted by Gasteiger charge is -2.16. The van der Waals surface area contributed by atoms with Gasteiger partial charge in [0.1, 0.15) is 0 Å². The Labute approximate surface area is 138 Å². The Morgan fingerprint density at radius 2 is 2.00 bits per heavy atom. The molecule has 0 bridgehead atoms. The number of fused-ring (bicyclic) bond motifs is 1. The Kier molecular flexibility index (Phi) is 3.49. The van der Waals surface area contributed by atoms with Gasteiger partial charge >= 0.3 is 0 Å². The van der Waals surface area contributed by atoms with Crippen molar-refractivity contribution in [2.24, 2.45) is 5.92 Å². The van der Waals surface area contributed by atoms with Gasteiger partial charge in [0.05, 0.1) is 23.3 Å². The largest absolute Gasteiger partial charge is 0.324 e. The zero-order chi connectivity index (χ0) is 16.5. The molecule has 1 aliphatic heterocycles. The van der Waals surface area contributed by atoms with Gasteiger partial charge in [-0.1, -0.05) is 30.3 Å². The van der Waals surface area contributed by atoms with Gasteiger partial charge < -0.3 is 10.2 Å². The molecule has 0 unspecified atom stereocenters. The van der Waals surface area contributed by atoms with Crippen LogP contribution in [0.5, 0.6) is 0 Å². The lowest BCUT2D eigenvalue weighted by atomic mass is 10.1. The van der Waals surface area contributed by atoms with Gasteiger partial charge in [0.25, 0.3) is 0 Å². The third-order valence-electron chi connectivity index (χ3n) is 4.30. The number of hydrogen-bond donors (Lipinski definition) is 2. The summed E-state index contributed by atoms with van der Waals surface area (Å²) in [6.07, 6.45) is 1.93. The smallest absolute Gasteiger partial charge is 0.229 e. The molecule has 0 radical (unpaired) electrons. The maximum absolute atomic E-state index is 12.6. The van der Waals surface area contributed by atoms with Crippen molar-refractivity contribution in [3.05, 3.63) is 54.7 Å². The fraction of sp³-hybridized carbons (Fsp3) is 0.167. The number of aromatic nitrogens is 2. The summed E-state index contributed by atoms with van der Waals surface area (Å²) in [4.78, 5) is 26.5. The average molecular weight is 320 g/mol. The van der Waals surface area contributed by atoms with Crippen LogP contribution in [0.1, 0.15) is 6.42 Å². The van der Waals surface area contributed by atoms with E-state index in [1.54, 1.807) is 11.1 Å². The van der Waals surface area contributed by atoms with Gasteiger partial charge in [-0.15, -0.1) is 0 Å². The van der Waals surface area contributed by atoms with Gasteiger partial charge in [0.15, 0.2) is 0 Å². The number of rotatable bonds is 3. The van der Waals surface area contributed by atoms with E-state index in [2.05, 4.69) is 15.5 Å². The first kappa shape index (κ1) is 14.4. The van der Waals surface area contributed by atoms with Crippen LogP contribution in [-0.2, 0) is 9.59 Å². The molecule has 2 heterocycles. The molecule has 2 N–H and O–H groups in total. The average Bonchev–Trinajstić information content (AvgIpc) is 3.23. The zero-order valence-corrected chi connectivity index (χ0v) is 12.9. The highest BCUT2D eigenvalue weighted by molar-refractivity contribution is 6.06. The molecule has 1 aromatic heterocycles. The van der Waals surface area contributed by atoms with Gasteiger partial charge in [-0.05, 0) is 18.2 Å². The number of anilines is 2. The summed E-state index contributed by atoms with van der Waals surface area (Å²) >= 11 is 0. The Hall–Kier alpha value is -3.15. The maximum Gasteiger partial charge on any atom is 0.229 e. The second-order valence-electron chi connectivity index (χ2n) is 5.87. The standard InChI is InChI=1S/C18H16N4O2/c23-16-9-13(11-22(16)14-6-2-1-3-7-14)18(24)20-15-8-4-5-12-10-19-21-17(12)15/h1-8,10,13H,9,11H2,(H,19,21)(H,20,24)/t13-/m1/s1. The van der Waals surface area contributed by atoms with E-state index in [-0.39, 0.29) is 24.2 Å². The van der Waals surface area contributed by atoms with E-state index in [1.165, 1.54) is 0 Å². The minimum atomic E-state index is -0.365. The van der Waals surface area contributed by atoms with Crippen molar-refractivity contribution < 1.29 is 9.59 Å². The molecule has 0 saturated carbocycles. The normalized spacial score (nSPS) is 17.4. The molecule has 2 amide bonds. The molecule has 1 saturated heterocycles. The molecule has 6 nitrogen and oxygen atoms in total. The van der Waals surface area contributed by atoms with Gasteiger partial charge in [-0.25, -0.2) is 0 Å². The van der Waals surface area contributed by atoms with Crippen LogP contribution in [0.25, 0.3) is 10.9 Å². The molecule has 1 fully saturated rings. The zero-order valence-electron chi connectivity index (χ0n) is 12.9. The Morgan fingerprint density at radius 1 is 1.17 bits per heavy atom. The molecule has 0 aliphatic carbocycles. The van der Waals surface area contributed by atoms with Crippen molar-refractivity contribution in [1.29, 1.82) is 0 Å². The number of carbonyl (C=O) groups excluding carboxylic acids is 2. The summed E-state index contributed by atoms with van der Waals surface area (Å²) in [5.74, 6) is -0.541. The molecule has 120 valence electrons. The SMILES string of the molecule is O=C(Nc1cccc2cn[nH]c12)[C@@H]1CC(=O)N(c2ccccc2)C1. The van der Waals surface area contributed by atoms with Crippen LogP contribution >= 0.6 is 0 Å². The highest BCUT2D eigenvalue weighted by Gasteiger charge is 2.35. The number of para-hydroxylation sites is 2. The van der Waals surface area contributed by atoms with Crippen molar-refractivity contribution >= 4 is 34.1 Å². The van der Waals surface area contributed by atoms with Crippen molar-refractivity contribution in [2.75, 3.05) is 16.8 Å². The van der Waals surface area contributed by atoms with Crippen LogP contribution in [0, 0.1) is 5.92 Å². The van der Waals surface area contributed by atoms with Crippen molar-refractivity contribution in [2.45, 2.75) is 6.42 Å². The molecular weight excluding hydrogens is 304 g/mol. The third-order valence-corrected chi connectivity index (χ3v) is 4.30. The number of nitrogens with zero attached hydrogens (tertiary/aromatic N) is 2. The maximum atomic E-state index is 12.6. The van der Waals surface area contributed by atoms with Crippen LogP contribution in [-0.4, -0.2) is 28.6 Å². The van der Waals surface area contributed by atoms with Crippen molar-refractivity contribution in [3.63, 3.8) is 0 Å². The first-order valence-electron chi connectivity index (χ1n) is 7.81. The van der Waals surface area contributed by atoms with E-state index in [9.17, 15) is 9.59 Å². The van der Waals surface area contributed by atoms with Crippen molar-refractivity contribution in [3.8, 4) is 0 Å². The van der Waals surface area contributed by atoms with Crippen LogP contribution in [0.2, 0.25) is 0 Å². The second kappa shape index (κ2) is 5.81. The Balaban J connectivity index is 1.52.